The SMILES string of the molecule is CC(C)NCc1coc(COc2cc(Cl)ccc2Cl)c1. The van der Waals surface area contributed by atoms with E-state index in [-0.39, 0.29) is 0 Å². The van der Waals surface area contributed by atoms with E-state index in [2.05, 4.69) is 19.2 Å². The van der Waals surface area contributed by atoms with Crippen LogP contribution in [-0.4, -0.2) is 6.04 Å². The van der Waals surface area contributed by atoms with Gasteiger partial charge in [0.05, 0.1) is 11.3 Å². The summed E-state index contributed by atoms with van der Waals surface area (Å²) >= 11 is 11.9. The van der Waals surface area contributed by atoms with Crippen molar-refractivity contribution in [1.29, 1.82) is 0 Å². The second-order valence-electron chi connectivity index (χ2n) is 4.82. The van der Waals surface area contributed by atoms with Gasteiger partial charge in [-0.1, -0.05) is 37.0 Å². The normalized spacial score (nSPS) is 11.1. The Morgan fingerprint density at radius 3 is 2.80 bits per heavy atom. The maximum atomic E-state index is 6.03. The smallest absolute Gasteiger partial charge is 0.146 e. The van der Waals surface area contributed by atoms with Crippen LogP contribution in [0.25, 0.3) is 0 Å². The molecule has 108 valence electrons. The molecule has 1 N–H and O–H groups in total. The van der Waals surface area contributed by atoms with E-state index >= 15 is 0 Å². The Kier molecular flexibility index (Phi) is 5.35. The highest BCUT2D eigenvalue weighted by Gasteiger charge is 2.06. The van der Waals surface area contributed by atoms with Crippen molar-refractivity contribution in [3.05, 3.63) is 51.9 Å². The molecule has 0 atom stereocenters. The van der Waals surface area contributed by atoms with E-state index in [1.807, 2.05) is 6.07 Å². The molecule has 2 aromatic rings. The summed E-state index contributed by atoms with van der Waals surface area (Å²) in [7, 11) is 0. The zero-order chi connectivity index (χ0) is 14.5. The quantitative estimate of drug-likeness (QED) is 0.842. The van der Waals surface area contributed by atoms with Crippen LogP contribution in [0.1, 0.15) is 25.2 Å². The summed E-state index contributed by atoms with van der Waals surface area (Å²) in [5, 5.41) is 4.44. The lowest BCUT2D eigenvalue weighted by Gasteiger charge is -2.06. The van der Waals surface area contributed by atoms with Crippen molar-refractivity contribution in [2.75, 3.05) is 0 Å². The number of ether oxygens (including phenoxy) is 1. The third-order valence-electron chi connectivity index (χ3n) is 2.69. The predicted octanol–water partition coefficient (Wildman–Crippen LogP) is 4.66. The molecule has 1 heterocycles. The van der Waals surface area contributed by atoms with Gasteiger partial charge in [0.2, 0.25) is 0 Å². The third-order valence-corrected chi connectivity index (χ3v) is 3.23. The molecule has 2 rings (SSSR count). The maximum absolute atomic E-state index is 6.03. The molecule has 5 heteroatoms. The van der Waals surface area contributed by atoms with Crippen LogP contribution >= 0.6 is 23.2 Å². The van der Waals surface area contributed by atoms with E-state index in [9.17, 15) is 0 Å². The molecule has 3 nitrogen and oxygen atoms in total. The molecule has 1 aromatic carbocycles. The fraction of sp³-hybridized carbons (Fsp3) is 0.333. The van der Waals surface area contributed by atoms with Crippen LogP contribution in [0, 0.1) is 0 Å². The van der Waals surface area contributed by atoms with Gasteiger partial charge in [0, 0.05) is 29.2 Å². The number of furan rings is 1. The number of benzene rings is 1. The van der Waals surface area contributed by atoms with Gasteiger partial charge in [0.1, 0.15) is 18.1 Å². The average Bonchev–Trinajstić information content (AvgIpc) is 2.85. The zero-order valence-electron chi connectivity index (χ0n) is 11.5. The monoisotopic (exact) mass is 313 g/mol. The molecule has 0 saturated carbocycles. The Bertz CT molecular complexity index is 567. The molecule has 0 aliphatic carbocycles. The molecular weight excluding hydrogens is 297 g/mol. The molecule has 0 spiro atoms. The lowest BCUT2D eigenvalue weighted by molar-refractivity contribution is 0.270. The summed E-state index contributed by atoms with van der Waals surface area (Å²) in [5.74, 6) is 1.30. The van der Waals surface area contributed by atoms with E-state index in [0.29, 0.717) is 28.4 Å². The molecule has 0 unspecified atom stereocenters. The Hall–Kier alpha value is -1.16. The highest BCUT2D eigenvalue weighted by molar-refractivity contribution is 6.34. The van der Waals surface area contributed by atoms with Gasteiger partial charge in [0.25, 0.3) is 0 Å². The molecule has 0 bridgehead atoms. The predicted molar refractivity (Wildman–Crippen MR) is 81.5 cm³/mol. The topological polar surface area (TPSA) is 34.4 Å². The standard InChI is InChI=1S/C15H17Cl2NO2/c1-10(2)18-7-11-5-13(19-8-11)9-20-15-6-12(16)3-4-14(15)17/h3-6,8,10,18H,7,9H2,1-2H3. The number of nitrogens with one attached hydrogen (secondary N) is 1. The molecule has 0 saturated heterocycles. The number of hydrogen-bond donors (Lipinski definition) is 1. The highest BCUT2D eigenvalue weighted by Crippen LogP contribution is 2.28. The van der Waals surface area contributed by atoms with E-state index in [1.54, 1.807) is 24.5 Å². The Balaban J connectivity index is 1.92. The first-order valence-electron chi connectivity index (χ1n) is 6.42. The number of rotatable bonds is 6. The van der Waals surface area contributed by atoms with Gasteiger partial charge in [-0.25, -0.2) is 0 Å². The first-order chi connectivity index (χ1) is 9.54. The molecule has 0 aliphatic rings. The first-order valence-corrected chi connectivity index (χ1v) is 7.17. The number of hydrogen-bond acceptors (Lipinski definition) is 3. The fourth-order valence-electron chi connectivity index (χ4n) is 1.65. The van der Waals surface area contributed by atoms with E-state index < -0.39 is 0 Å². The van der Waals surface area contributed by atoms with Gasteiger partial charge in [-0.05, 0) is 18.2 Å². The van der Waals surface area contributed by atoms with Gasteiger partial charge < -0.3 is 14.5 Å². The van der Waals surface area contributed by atoms with Crippen LogP contribution in [0.2, 0.25) is 10.0 Å². The molecule has 20 heavy (non-hydrogen) atoms. The Morgan fingerprint density at radius 1 is 1.25 bits per heavy atom. The summed E-state index contributed by atoms with van der Waals surface area (Å²) in [5.41, 5.74) is 1.09. The third kappa shape index (κ3) is 4.44. The average molecular weight is 314 g/mol. The van der Waals surface area contributed by atoms with Crippen LogP contribution < -0.4 is 10.1 Å². The summed E-state index contributed by atoms with van der Waals surface area (Å²) in [6.07, 6.45) is 1.73. The highest BCUT2D eigenvalue weighted by atomic mass is 35.5. The Morgan fingerprint density at radius 2 is 2.05 bits per heavy atom. The van der Waals surface area contributed by atoms with Gasteiger partial charge >= 0.3 is 0 Å². The molecular formula is C15H17Cl2NO2. The van der Waals surface area contributed by atoms with E-state index in [4.69, 9.17) is 32.4 Å². The summed E-state index contributed by atoms with van der Waals surface area (Å²) in [4.78, 5) is 0. The zero-order valence-corrected chi connectivity index (χ0v) is 13.0. The second kappa shape index (κ2) is 7.02. The molecule has 0 aliphatic heterocycles. The fourth-order valence-corrected chi connectivity index (χ4v) is 1.99. The van der Waals surface area contributed by atoms with Crippen LogP contribution in [-0.2, 0) is 13.2 Å². The first kappa shape index (κ1) is 15.2. The van der Waals surface area contributed by atoms with Crippen molar-refractivity contribution >= 4 is 23.2 Å². The van der Waals surface area contributed by atoms with Crippen molar-refractivity contribution in [2.24, 2.45) is 0 Å². The van der Waals surface area contributed by atoms with Gasteiger partial charge in [-0.3, -0.25) is 0 Å². The molecule has 0 radical (unpaired) electrons. The second-order valence-corrected chi connectivity index (χ2v) is 5.66. The molecule has 0 amide bonds. The molecule has 1 aromatic heterocycles. The summed E-state index contributed by atoms with van der Waals surface area (Å²) in [6, 6.07) is 7.52. The van der Waals surface area contributed by atoms with E-state index in [1.165, 1.54) is 0 Å². The van der Waals surface area contributed by atoms with Gasteiger partial charge in [-0.2, -0.15) is 0 Å². The minimum Gasteiger partial charge on any atom is -0.484 e. The lowest BCUT2D eigenvalue weighted by Crippen LogP contribution is -2.21. The Labute approximate surface area is 128 Å². The van der Waals surface area contributed by atoms with Crippen molar-refractivity contribution in [3.63, 3.8) is 0 Å². The van der Waals surface area contributed by atoms with Gasteiger partial charge in [-0.15, -0.1) is 0 Å². The van der Waals surface area contributed by atoms with Crippen molar-refractivity contribution in [1.82, 2.24) is 5.32 Å². The van der Waals surface area contributed by atoms with Crippen LogP contribution in [0.15, 0.2) is 34.9 Å². The summed E-state index contributed by atoms with van der Waals surface area (Å²) in [6.45, 7) is 5.30. The lowest BCUT2D eigenvalue weighted by atomic mass is 10.3. The van der Waals surface area contributed by atoms with Crippen molar-refractivity contribution in [2.45, 2.75) is 33.0 Å². The minimum atomic E-state index is 0.321. The summed E-state index contributed by atoms with van der Waals surface area (Å²) < 4.78 is 11.1. The number of halogens is 2. The minimum absolute atomic E-state index is 0.321. The van der Waals surface area contributed by atoms with Crippen LogP contribution in [0.5, 0.6) is 5.75 Å². The molecule has 0 fully saturated rings. The van der Waals surface area contributed by atoms with Crippen molar-refractivity contribution < 1.29 is 9.15 Å². The van der Waals surface area contributed by atoms with Crippen LogP contribution in [0.4, 0.5) is 0 Å². The maximum Gasteiger partial charge on any atom is 0.146 e. The van der Waals surface area contributed by atoms with Crippen molar-refractivity contribution in [3.8, 4) is 5.75 Å². The van der Waals surface area contributed by atoms with Crippen LogP contribution in [0.3, 0.4) is 0 Å². The largest absolute Gasteiger partial charge is 0.484 e. The van der Waals surface area contributed by atoms with E-state index in [0.717, 1.165) is 17.9 Å². The van der Waals surface area contributed by atoms with Gasteiger partial charge in [0.15, 0.2) is 0 Å².